The van der Waals surface area contributed by atoms with Crippen LogP contribution in [-0.4, -0.2) is 16.8 Å². The molecule has 0 amide bonds. The zero-order chi connectivity index (χ0) is 19.1. The van der Waals surface area contributed by atoms with E-state index in [9.17, 15) is 14.0 Å². The van der Waals surface area contributed by atoms with Gasteiger partial charge in [-0.15, -0.1) is 0 Å². The third-order valence-electron chi connectivity index (χ3n) is 4.50. The number of carbonyl (C=O) groups is 2. The summed E-state index contributed by atoms with van der Waals surface area (Å²) in [6.07, 6.45) is 0.746. The summed E-state index contributed by atoms with van der Waals surface area (Å²) in [5.41, 5.74) is 2.20. The lowest BCUT2D eigenvalue weighted by atomic mass is 10.1. The molecule has 0 unspecified atom stereocenters. The first-order chi connectivity index (χ1) is 13.0. The molecule has 6 heteroatoms. The number of rotatable bonds is 3. The largest absolute Gasteiger partial charge is 0.451 e. The number of aldehydes is 1. The van der Waals surface area contributed by atoms with E-state index in [0.29, 0.717) is 33.5 Å². The van der Waals surface area contributed by atoms with E-state index in [1.807, 2.05) is 6.07 Å². The summed E-state index contributed by atoms with van der Waals surface area (Å²) in [5.74, 6) is -0.424. The van der Waals surface area contributed by atoms with Crippen molar-refractivity contribution in [2.45, 2.75) is 6.92 Å². The fourth-order valence-corrected chi connectivity index (χ4v) is 3.35. The van der Waals surface area contributed by atoms with Crippen molar-refractivity contribution in [1.29, 1.82) is 0 Å². The van der Waals surface area contributed by atoms with Gasteiger partial charge in [0.1, 0.15) is 11.6 Å². The molecule has 0 bridgehead atoms. The van der Waals surface area contributed by atoms with E-state index in [4.69, 9.17) is 16.0 Å². The van der Waals surface area contributed by atoms with Crippen molar-refractivity contribution >= 4 is 34.7 Å². The van der Waals surface area contributed by atoms with Crippen molar-refractivity contribution in [2.24, 2.45) is 0 Å². The van der Waals surface area contributed by atoms with Crippen LogP contribution in [-0.2, 0) is 0 Å². The van der Waals surface area contributed by atoms with Gasteiger partial charge in [0.05, 0.1) is 10.5 Å². The quantitative estimate of drug-likeness (QED) is 0.440. The topological polar surface area (TPSA) is 52.2 Å². The molecule has 0 fully saturated rings. The van der Waals surface area contributed by atoms with Gasteiger partial charge in [-0.25, -0.2) is 4.39 Å². The van der Waals surface area contributed by atoms with Crippen LogP contribution in [0.1, 0.15) is 26.6 Å². The van der Waals surface area contributed by atoms with Crippen LogP contribution < -0.4 is 0 Å². The van der Waals surface area contributed by atoms with E-state index in [0.717, 1.165) is 6.29 Å². The second kappa shape index (κ2) is 6.52. The molecule has 0 aliphatic heterocycles. The summed E-state index contributed by atoms with van der Waals surface area (Å²) in [5, 5.41) is 0.676. The highest BCUT2D eigenvalue weighted by Gasteiger charge is 2.22. The number of carbonyl (C=O) groups excluding carboxylic acids is 2. The van der Waals surface area contributed by atoms with Gasteiger partial charge in [0.25, 0.3) is 5.91 Å². The standard InChI is InChI=1S/C21H13ClFNO3/c1-12-15(11-25)14-4-2-3-5-18(14)24(12)21(26)20-9-8-19(27-20)13-6-7-17(23)16(22)10-13/h2-11H,1H3. The van der Waals surface area contributed by atoms with E-state index in [-0.39, 0.29) is 10.8 Å². The first kappa shape index (κ1) is 17.2. The Morgan fingerprint density at radius 2 is 1.93 bits per heavy atom. The van der Waals surface area contributed by atoms with Gasteiger partial charge in [-0.3, -0.25) is 14.2 Å². The van der Waals surface area contributed by atoms with Crippen LogP contribution in [0.2, 0.25) is 5.02 Å². The van der Waals surface area contributed by atoms with Gasteiger partial charge in [0.2, 0.25) is 0 Å². The summed E-state index contributed by atoms with van der Waals surface area (Å²) < 4.78 is 20.5. The predicted octanol–water partition coefficient (Wildman–Crippen LogP) is 5.50. The van der Waals surface area contributed by atoms with E-state index < -0.39 is 11.7 Å². The maximum atomic E-state index is 13.3. The smallest absolute Gasteiger partial charge is 0.298 e. The third kappa shape index (κ3) is 2.76. The van der Waals surface area contributed by atoms with Gasteiger partial charge in [0, 0.05) is 22.2 Å². The minimum absolute atomic E-state index is 0.0281. The number of para-hydroxylation sites is 1. The number of fused-ring (bicyclic) bond motifs is 1. The lowest BCUT2D eigenvalue weighted by Crippen LogP contribution is -2.12. The average molecular weight is 382 g/mol. The summed E-state index contributed by atoms with van der Waals surface area (Å²) in [6, 6.07) is 14.5. The molecular weight excluding hydrogens is 369 g/mol. The minimum atomic E-state index is -0.529. The molecule has 27 heavy (non-hydrogen) atoms. The second-order valence-electron chi connectivity index (χ2n) is 6.07. The van der Waals surface area contributed by atoms with Gasteiger partial charge in [-0.1, -0.05) is 29.8 Å². The molecule has 4 nitrogen and oxygen atoms in total. The minimum Gasteiger partial charge on any atom is -0.451 e. The zero-order valence-corrected chi connectivity index (χ0v) is 15.0. The van der Waals surface area contributed by atoms with Crippen LogP contribution in [0, 0.1) is 12.7 Å². The van der Waals surface area contributed by atoms with Gasteiger partial charge in [-0.2, -0.15) is 0 Å². The fourth-order valence-electron chi connectivity index (χ4n) is 3.17. The molecular formula is C21H13ClFNO3. The fraction of sp³-hybridized carbons (Fsp3) is 0.0476. The molecule has 0 saturated carbocycles. The number of furan rings is 1. The average Bonchev–Trinajstić information content (AvgIpc) is 3.26. The Bertz CT molecular complexity index is 1210. The Hall–Kier alpha value is -3.18. The molecule has 134 valence electrons. The first-order valence-corrected chi connectivity index (χ1v) is 8.54. The molecule has 2 aromatic heterocycles. The number of nitrogens with zero attached hydrogens (tertiary/aromatic N) is 1. The van der Waals surface area contributed by atoms with E-state index >= 15 is 0 Å². The summed E-state index contributed by atoms with van der Waals surface area (Å²) in [4.78, 5) is 24.5. The van der Waals surface area contributed by atoms with E-state index in [1.165, 1.54) is 22.8 Å². The Labute approximate surface area is 158 Å². The molecule has 0 saturated heterocycles. The Kier molecular flexibility index (Phi) is 4.16. The molecule has 4 rings (SSSR count). The maximum Gasteiger partial charge on any atom is 0.298 e. The van der Waals surface area contributed by atoms with Crippen molar-refractivity contribution in [2.75, 3.05) is 0 Å². The highest BCUT2D eigenvalue weighted by atomic mass is 35.5. The number of hydrogen-bond acceptors (Lipinski definition) is 3. The number of benzene rings is 2. The van der Waals surface area contributed by atoms with Crippen molar-refractivity contribution in [3.8, 4) is 11.3 Å². The summed E-state index contributed by atoms with van der Waals surface area (Å²) in [6.45, 7) is 1.71. The maximum absolute atomic E-state index is 13.3. The summed E-state index contributed by atoms with van der Waals surface area (Å²) >= 11 is 5.81. The van der Waals surface area contributed by atoms with E-state index in [1.54, 1.807) is 37.3 Å². The van der Waals surface area contributed by atoms with Crippen molar-refractivity contribution in [3.05, 3.63) is 82.5 Å². The van der Waals surface area contributed by atoms with Crippen LogP contribution >= 0.6 is 11.6 Å². The highest BCUT2D eigenvalue weighted by molar-refractivity contribution is 6.31. The Balaban J connectivity index is 1.80. The molecule has 0 atom stereocenters. The Morgan fingerprint density at radius 1 is 1.15 bits per heavy atom. The van der Waals surface area contributed by atoms with Crippen molar-refractivity contribution < 1.29 is 18.4 Å². The summed E-state index contributed by atoms with van der Waals surface area (Å²) in [7, 11) is 0. The number of aromatic nitrogens is 1. The van der Waals surface area contributed by atoms with Crippen LogP contribution in [0.15, 0.2) is 59.0 Å². The van der Waals surface area contributed by atoms with Crippen LogP contribution in [0.4, 0.5) is 4.39 Å². The normalized spacial score (nSPS) is 11.1. The van der Waals surface area contributed by atoms with Gasteiger partial charge >= 0.3 is 0 Å². The van der Waals surface area contributed by atoms with E-state index in [2.05, 4.69) is 0 Å². The molecule has 0 spiro atoms. The molecule has 2 aromatic carbocycles. The molecule has 4 aromatic rings. The highest BCUT2D eigenvalue weighted by Crippen LogP contribution is 2.29. The molecule has 0 radical (unpaired) electrons. The van der Waals surface area contributed by atoms with Crippen LogP contribution in [0.3, 0.4) is 0 Å². The number of halogens is 2. The van der Waals surface area contributed by atoms with Crippen LogP contribution in [0.25, 0.3) is 22.2 Å². The monoisotopic (exact) mass is 381 g/mol. The SMILES string of the molecule is Cc1c(C=O)c2ccccc2n1C(=O)c1ccc(-c2ccc(F)c(Cl)c2)o1. The lowest BCUT2D eigenvalue weighted by molar-refractivity contribution is 0.0936. The third-order valence-corrected chi connectivity index (χ3v) is 4.79. The van der Waals surface area contributed by atoms with Crippen LogP contribution in [0.5, 0.6) is 0 Å². The molecule has 0 aliphatic rings. The Morgan fingerprint density at radius 3 is 2.67 bits per heavy atom. The van der Waals surface area contributed by atoms with Crippen molar-refractivity contribution in [1.82, 2.24) is 4.57 Å². The number of hydrogen-bond donors (Lipinski definition) is 0. The van der Waals surface area contributed by atoms with Gasteiger partial charge in [0.15, 0.2) is 12.0 Å². The lowest BCUT2D eigenvalue weighted by Gasteiger charge is -2.05. The molecule has 2 heterocycles. The van der Waals surface area contributed by atoms with Crippen molar-refractivity contribution in [3.63, 3.8) is 0 Å². The van der Waals surface area contributed by atoms with Gasteiger partial charge < -0.3 is 4.42 Å². The van der Waals surface area contributed by atoms with Gasteiger partial charge in [-0.05, 0) is 43.3 Å². The molecule has 0 N–H and O–H groups in total. The predicted molar refractivity (Wildman–Crippen MR) is 101 cm³/mol. The second-order valence-corrected chi connectivity index (χ2v) is 6.47. The molecule has 0 aliphatic carbocycles. The zero-order valence-electron chi connectivity index (χ0n) is 14.2. The first-order valence-electron chi connectivity index (χ1n) is 8.16.